The van der Waals surface area contributed by atoms with Crippen LogP contribution in [-0.4, -0.2) is 7.05 Å². The fraction of sp³-hybridized carbons (Fsp3) is 0.500. The van der Waals surface area contributed by atoms with Gasteiger partial charge >= 0.3 is 0 Å². The third kappa shape index (κ3) is 3.24. The normalized spacial score (nSPS) is 18.1. The van der Waals surface area contributed by atoms with Gasteiger partial charge in [0.15, 0.2) is 0 Å². The molecule has 1 atom stereocenters. The lowest BCUT2D eigenvalue weighted by atomic mass is 9.92. The van der Waals surface area contributed by atoms with Gasteiger partial charge in [-0.3, -0.25) is 0 Å². The zero-order valence-corrected chi connectivity index (χ0v) is 12.9. The lowest BCUT2D eigenvalue weighted by Crippen LogP contribution is -2.19. The molecule has 0 saturated carbocycles. The molecular weight excluding hydrogens is 286 g/mol. The van der Waals surface area contributed by atoms with E-state index in [1.165, 1.54) is 43.2 Å². The van der Waals surface area contributed by atoms with Gasteiger partial charge in [-0.1, -0.05) is 40.1 Å². The molecule has 1 N–H and O–H groups in total. The van der Waals surface area contributed by atoms with Gasteiger partial charge < -0.3 is 5.32 Å². The van der Waals surface area contributed by atoms with Crippen molar-refractivity contribution >= 4 is 15.9 Å². The maximum Gasteiger partial charge on any atom is 0.0536 e. The molecule has 1 nitrogen and oxygen atoms in total. The number of hydrogen-bond acceptors (Lipinski definition) is 1. The number of allylic oxidation sites excluding steroid dienone is 1. The largest absolute Gasteiger partial charge is 0.310 e. The summed E-state index contributed by atoms with van der Waals surface area (Å²) in [7, 11) is 2.07. The van der Waals surface area contributed by atoms with Gasteiger partial charge in [0.1, 0.15) is 0 Å². The molecule has 1 unspecified atom stereocenters. The second-order valence-corrected chi connectivity index (χ2v) is 6.02. The predicted molar refractivity (Wildman–Crippen MR) is 81.8 cm³/mol. The SMILES string of the molecule is CNC(C1=CCCCCC1)c1ccc(Br)cc1C. The van der Waals surface area contributed by atoms with E-state index in [1.54, 1.807) is 5.57 Å². The standard InChI is InChI=1S/C16H22BrN/c1-12-11-14(17)9-10-15(12)16(18-2)13-7-5-3-4-6-8-13/h7,9-11,16,18H,3-6,8H2,1-2H3. The summed E-state index contributed by atoms with van der Waals surface area (Å²) in [4.78, 5) is 0. The summed E-state index contributed by atoms with van der Waals surface area (Å²) < 4.78 is 1.16. The highest BCUT2D eigenvalue weighted by molar-refractivity contribution is 9.10. The van der Waals surface area contributed by atoms with E-state index in [1.807, 2.05) is 0 Å². The van der Waals surface area contributed by atoms with Crippen LogP contribution in [0.3, 0.4) is 0 Å². The lowest BCUT2D eigenvalue weighted by molar-refractivity contribution is 0.626. The Labute approximate surface area is 119 Å². The molecule has 2 heteroatoms. The maximum atomic E-state index is 3.54. The quantitative estimate of drug-likeness (QED) is 0.782. The zero-order chi connectivity index (χ0) is 13.0. The Bertz CT molecular complexity index is 437. The van der Waals surface area contributed by atoms with Gasteiger partial charge in [-0.2, -0.15) is 0 Å². The highest BCUT2D eigenvalue weighted by Crippen LogP contribution is 2.31. The summed E-state index contributed by atoms with van der Waals surface area (Å²) in [5.41, 5.74) is 4.34. The van der Waals surface area contributed by atoms with Crippen LogP contribution in [0.15, 0.2) is 34.3 Å². The minimum absolute atomic E-state index is 0.385. The van der Waals surface area contributed by atoms with Crippen molar-refractivity contribution in [3.8, 4) is 0 Å². The van der Waals surface area contributed by atoms with Crippen LogP contribution in [0.1, 0.15) is 49.3 Å². The van der Waals surface area contributed by atoms with Gasteiger partial charge in [0.05, 0.1) is 6.04 Å². The first kappa shape index (κ1) is 13.8. The molecule has 18 heavy (non-hydrogen) atoms. The second-order valence-electron chi connectivity index (χ2n) is 5.10. The Morgan fingerprint density at radius 2 is 2.06 bits per heavy atom. The summed E-state index contributed by atoms with van der Waals surface area (Å²) in [6.07, 6.45) is 8.98. The Hall–Kier alpha value is -0.600. The lowest BCUT2D eigenvalue weighted by Gasteiger charge is -2.22. The van der Waals surface area contributed by atoms with E-state index in [0.717, 1.165) is 4.47 Å². The summed E-state index contributed by atoms with van der Waals surface area (Å²) in [5, 5.41) is 3.49. The predicted octanol–water partition coefficient (Wildman–Crippen LogP) is 4.91. The second kappa shape index (κ2) is 6.53. The van der Waals surface area contributed by atoms with Crippen molar-refractivity contribution in [3.63, 3.8) is 0 Å². The molecule has 1 aliphatic rings. The van der Waals surface area contributed by atoms with Crippen molar-refractivity contribution < 1.29 is 0 Å². The molecule has 0 aromatic heterocycles. The molecular formula is C16H22BrN. The van der Waals surface area contributed by atoms with E-state index < -0.39 is 0 Å². The van der Waals surface area contributed by atoms with Gasteiger partial charge in [0.2, 0.25) is 0 Å². The highest BCUT2D eigenvalue weighted by atomic mass is 79.9. The zero-order valence-electron chi connectivity index (χ0n) is 11.3. The molecule has 1 aromatic carbocycles. The number of halogens is 1. The van der Waals surface area contributed by atoms with Crippen LogP contribution in [0, 0.1) is 6.92 Å². The first-order valence-electron chi connectivity index (χ1n) is 6.84. The Morgan fingerprint density at radius 1 is 1.22 bits per heavy atom. The van der Waals surface area contributed by atoms with Crippen LogP contribution in [0.4, 0.5) is 0 Å². The summed E-state index contributed by atoms with van der Waals surface area (Å²) in [6.45, 7) is 2.20. The summed E-state index contributed by atoms with van der Waals surface area (Å²) in [6, 6.07) is 6.98. The van der Waals surface area contributed by atoms with Crippen LogP contribution >= 0.6 is 15.9 Å². The first-order chi connectivity index (χ1) is 8.72. The molecule has 1 aromatic rings. The van der Waals surface area contributed by atoms with Crippen molar-refractivity contribution in [1.82, 2.24) is 5.32 Å². The molecule has 98 valence electrons. The maximum absolute atomic E-state index is 3.54. The number of nitrogens with one attached hydrogen (secondary N) is 1. The fourth-order valence-corrected chi connectivity index (χ4v) is 3.28. The minimum atomic E-state index is 0.385. The molecule has 0 radical (unpaired) electrons. The number of aryl methyl sites for hydroxylation is 1. The average Bonchev–Trinajstić information content (AvgIpc) is 2.62. The van der Waals surface area contributed by atoms with Crippen LogP contribution in [-0.2, 0) is 0 Å². The molecule has 0 saturated heterocycles. The van der Waals surface area contributed by atoms with Crippen LogP contribution in [0.5, 0.6) is 0 Å². The van der Waals surface area contributed by atoms with Crippen LogP contribution in [0.25, 0.3) is 0 Å². The fourth-order valence-electron chi connectivity index (χ4n) is 2.81. The smallest absolute Gasteiger partial charge is 0.0536 e. The average molecular weight is 308 g/mol. The van der Waals surface area contributed by atoms with Crippen molar-refractivity contribution in [2.75, 3.05) is 7.05 Å². The molecule has 0 heterocycles. The van der Waals surface area contributed by atoms with Gasteiger partial charge in [0.25, 0.3) is 0 Å². The molecule has 2 rings (SSSR count). The monoisotopic (exact) mass is 307 g/mol. The molecule has 0 aliphatic heterocycles. The van der Waals surface area contributed by atoms with E-state index in [9.17, 15) is 0 Å². The highest BCUT2D eigenvalue weighted by Gasteiger charge is 2.17. The van der Waals surface area contributed by atoms with Crippen molar-refractivity contribution in [3.05, 3.63) is 45.4 Å². The summed E-state index contributed by atoms with van der Waals surface area (Å²) >= 11 is 3.54. The van der Waals surface area contributed by atoms with E-state index in [2.05, 4.69) is 59.5 Å². The molecule has 0 bridgehead atoms. The van der Waals surface area contributed by atoms with Crippen molar-refractivity contribution in [1.29, 1.82) is 0 Å². The number of likely N-dealkylation sites (N-methyl/N-ethyl adjacent to an activating group) is 1. The third-order valence-corrected chi connectivity index (χ3v) is 4.27. The molecule has 0 amide bonds. The van der Waals surface area contributed by atoms with Crippen molar-refractivity contribution in [2.45, 2.75) is 45.1 Å². The topological polar surface area (TPSA) is 12.0 Å². The van der Waals surface area contributed by atoms with Crippen LogP contribution < -0.4 is 5.32 Å². The molecule has 0 spiro atoms. The van der Waals surface area contributed by atoms with E-state index in [0.29, 0.717) is 6.04 Å². The molecule has 0 fully saturated rings. The summed E-state index contributed by atoms with van der Waals surface area (Å²) in [5.74, 6) is 0. The Morgan fingerprint density at radius 3 is 2.78 bits per heavy atom. The number of hydrogen-bond donors (Lipinski definition) is 1. The first-order valence-corrected chi connectivity index (χ1v) is 7.64. The third-order valence-electron chi connectivity index (χ3n) is 3.78. The van der Waals surface area contributed by atoms with Gasteiger partial charge in [-0.15, -0.1) is 0 Å². The number of rotatable bonds is 3. The van der Waals surface area contributed by atoms with E-state index in [-0.39, 0.29) is 0 Å². The Kier molecular flexibility index (Phi) is 5.02. The van der Waals surface area contributed by atoms with Gasteiger partial charge in [-0.05, 0) is 62.9 Å². The van der Waals surface area contributed by atoms with E-state index in [4.69, 9.17) is 0 Å². The van der Waals surface area contributed by atoms with Gasteiger partial charge in [-0.25, -0.2) is 0 Å². The molecule has 1 aliphatic carbocycles. The number of benzene rings is 1. The minimum Gasteiger partial charge on any atom is -0.310 e. The van der Waals surface area contributed by atoms with E-state index >= 15 is 0 Å². The van der Waals surface area contributed by atoms with Crippen molar-refractivity contribution in [2.24, 2.45) is 0 Å². The van der Waals surface area contributed by atoms with Gasteiger partial charge in [0, 0.05) is 4.47 Å². The Balaban J connectivity index is 2.29. The van der Waals surface area contributed by atoms with Crippen LogP contribution in [0.2, 0.25) is 0 Å².